The number of fused-ring (bicyclic) bond motifs is 1. The second-order valence-electron chi connectivity index (χ2n) is 6.68. The summed E-state index contributed by atoms with van der Waals surface area (Å²) >= 11 is 3.18. The Hall–Kier alpha value is -3.38. The van der Waals surface area contributed by atoms with Gasteiger partial charge in [-0.15, -0.1) is 0 Å². The van der Waals surface area contributed by atoms with Gasteiger partial charge in [0.05, 0.1) is 5.69 Å². The number of halogens is 1. The first-order valence-electron chi connectivity index (χ1n) is 9.53. The summed E-state index contributed by atoms with van der Waals surface area (Å²) in [5, 5.41) is 4.88. The standard InChI is InChI=1S/C24H19BrN2O3/c1-2-27(20-9-5-7-16-6-3-4-8-19(16)20)24(29)17-10-12-18(13-11-17)26-23(28)21-14-15-22(25)30-21/h3-15H,2H2,1H3,(H,26,28). The lowest BCUT2D eigenvalue weighted by Crippen LogP contribution is -2.30. The highest BCUT2D eigenvalue weighted by molar-refractivity contribution is 9.10. The Morgan fingerprint density at radius 3 is 2.37 bits per heavy atom. The first kappa shape index (κ1) is 19.9. The zero-order valence-electron chi connectivity index (χ0n) is 16.3. The molecule has 0 aliphatic carbocycles. The Morgan fingerprint density at radius 2 is 1.67 bits per heavy atom. The molecular formula is C24H19BrN2O3. The van der Waals surface area contributed by atoms with Gasteiger partial charge in [-0.25, -0.2) is 0 Å². The number of rotatable bonds is 5. The van der Waals surface area contributed by atoms with Crippen LogP contribution in [0.1, 0.15) is 27.8 Å². The molecule has 0 saturated carbocycles. The Morgan fingerprint density at radius 1 is 0.933 bits per heavy atom. The molecule has 0 aliphatic rings. The summed E-state index contributed by atoms with van der Waals surface area (Å²) in [6.45, 7) is 2.49. The van der Waals surface area contributed by atoms with Crippen LogP contribution in [0.25, 0.3) is 10.8 Å². The normalized spacial score (nSPS) is 10.7. The first-order valence-corrected chi connectivity index (χ1v) is 10.3. The molecule has 2 amide bonds. The van der Waals surface area contributed by atoms with E-state index >= 15 is 0 Å². The maximum absolute atomic E-state index is 13.2. The van der Waals surface area contributed by atoms with E-state index in [4.69, 9.17) is 4.42 Å². The maximum atomic E-state index is 13.2. The second kappa shape index (κ2) is 8.55. The number of furan rings is 1. The van der Waals surface area contributed by atoms with Gasteiger partial charge >= 0.3 is 0 Å². The minimum absolute atomic E-state index is 0.0957. The van der Waals surface area contributed by atoms with Crippen molar-refractivity contribution in [3.8, 4) is 0 Å². The second-order valence-corrected chi connectivity index (χ2v) is 7.46. The molecule has 150 valence electrons. The molecule has 1 aromatic heterocycles. The lowest BCUT2D eigenvalue weighted by molar-refractivity contribution is 0.0984. The summed E-state index contributed by atoms with van der Waals surface area (Å²) in [5.74, 6) is -0.248. The molecule has 30 heavy (non-hydrogen) atoms. The number of carbonyl (C=O) groups excluding carboxylic acids is 2. The molecule has 1 heterocycles. The van der Waals surface area contributed by atoms with Crippen LogP contribution in [0.5, 0.6) is 0 Å². The van der Waals surface area contributed by atoms with Crippen LogP contribution in [0.15, 0.2) is 87.9 Å². The van der Waals surface area contributed by atoms with Crippen LogP contribution in [0.2, 0.25) is 0 Å². The van der Waals surface area contributed by atoms with Gasteiger partial charge in [0.25, 0.3) is 11.8 Å². The summed E-state index contributed by atoms with van der Waals surface area (Å²) in [4.78, 5) is 27.2. The van der Waals surface area contributed by atoms with E-state index in [1.807, 2.05) is 49.4 Å². The third-order valence-corrected chi connectivity index (χ3v) is 5.23. The third-order valence-electron chi connectivity index (χ3n) is 4.81. The van der Waals surface area contributed by atoms with Gasteiger partial charge in [0.2, 0.25) is 0 Å². The summed E-state index contributed by atoms with van der Waals surface area (Å²) in [7, 11) is 0. The zero-order valence-corrected chi connectivity index (χ0v) is 17.8. The monoisotopic (exact) mass is 462 g/mol. The van der Waals surface area contributed by atoms with Crippen molar-refractivity contribution in [2.45, 2.75) is 6.92 Å². The average molecular weight is 463 g/mol. The Kier molecular flexibility index (Phi) is 5.68. The van der Waals surface area contributed by atoms with E-state index in [9.17, 15) is 9.59 Å². The van der Waals surface area contributed by atoms with Gasteiger partial charge in [0.15, 0.2) is 10.4 Å². The lowest BCUT2D eigenvalue weighted by Gasteiger charge is -2.23. The van der Waals surface area contributed by atoms with Crippen molar-refractivity contribution in [2.75, 3.05) is 16.8 Å². The third kappa shape index (κ3) is 4.00. The van der Waals surface area contributed by atoms with E-state index in [1.165, 1.54) is 0 Å². The zero-order chi connectivity index (χ0) is 21.1. The number of benzene rings is 3. The molecule has 0 saturated heterocycles. The molecule has 0 bridgehead atoms. The highest BCUT2D eigenvalue weighted by Gasteiger charge is 2.18. The molecule has 5 nitrogen and oxygen atoms in total. The van der Waals surface area contributed by atoms with Gasteiger partial charge in [-0.2, -0.15) is 0 Å². The first-order chi connectivity index (χ1) is 14.6. The van der Waals surface area contributed by atoms with Crippen LogP contribution in [0.4, 0.5) is 11.4 Å². The molecule has 0 aliphatic heterocycles. The predicted molar refractivity (Wildman–Crippen MR) is 122 cm³/mol. The van der Waals surface area contributed by atoms with E-state index in [0.29, 0.717) is 22.5 Å². The van der Waals surface area contributed by atoms with Gasteiger partial charge in [-0.1, -0.05) is 36.4 Å². The van der Waals surface area contributed by atoms with E-state index in [0.717, 1.165) is 16.5 Å². The molecule has 6 heteroatoms. The predicted octanol–water partition coefficient (Wildman–Crippen LogP) is 6.11. The molecule has 0 fully saturated rings. The summed E-state index contributed by atoms with van der Waals surface area (Å²) in [6.07, 6.45) is 0. The number of carbonyl (C=O) groups is 2. The maximum Gasteiger partial charge on any atom is 0.291 e. The van der Waals surface area contributed by atoms with Crippen LogP contribution in [0.3, 0.4) is 0 Å². The van der Waals surface area contributed by atoms with Crippen molar-refractivity contribution in [2.24, 2.45) is 0 Å². The van der Waals surface area contributed by atoms with Crippen molar-refractivity contribution in [3.05, 3.63) is 94.9 Å². The van der Waals surface area contributed by atoms with Crippen molar-refractivity contribution in [1.29, 1.82) is 0 Å². The van der Waals surface area contributed by atoms with Gasteiger partial charge in [0.1, 0.15) is 0 Å². The van der Waals surface area contributed by atoms with Crippen LogP contribution in [-0.4, -0.2) is 18.4 Å². The molecule has 0 spiro atoms. The summed E-state index contributed by atoms with van der Waals surface area (Å²) < 4.78 is 5.74. The topological polar surface area (TPSA) is 62.6 Å². The quantitative estimate of drug-likeness (QED) is 0.388. The number of hydrogen-bond donors (Lipinski definition) is 1. The number of hydrogen-bond acceptors (Lipinski definition) is 3. The van der Waals surface area contributed by atoms with E-state index in [2.05, 4.69) is 21.2 Å². The molecule has 4 rings (SSSR count). The number of amides is 2. The lowest BCUT2D eigenvalue weighted by atomic mass is 10.1. The molecule has 0 unspecified atom stereocenters. The van der Waals surface area contributed by atoms with Gasteiger partial charge in [0, 0.05) is 23.2 Å². The fourth-order valence-electron chi connectivity index (χ4n) is 3.35. The van der Waals surface area contributed by atoms with Gasteiger partial charge in [-0.05, 0) is 70.7 Å². The Balaban J connectivity index is 1.55. The number of nitrogens with zero attached hydrogens (tertiary/aromatic N) is 1. The van der Waals surface area contributed by atoms with Crippen LogP contribution < -0.4 is 10.2 Å². The molecule has 1 N–H and O–H groups in total. The molecule has 0 atom stereocenters. The number of nitrogens with one attached hydrogen (secondary N) is 1. The smallest absolute Gasteiger partial charge is 0.291 e. The summed E-state index contributed by atoms with van der Waals surface area (Å²) in [6, 6.07) is 24.0. The Bertz CT molecular complexity index is 1210. The van der Waals surface area contributed by atoms with Crippen molar-refractivity contribution in [3.63, 3.8) is 0 Å². The van der Waals surface area contributed by atoms with E-state index in [1.54, 1.807) is 41.3 Å². The SMILES string of the molecule is CCN(C(=O)c1ccc(NC(=O)c2ccc(Br)o2)cc1)c1cccc2ccccc12. The largest absolute Gasteiger partial charge is 0.444 e. The molecule has 0 radical (unpaired) electrons. The minimum atomic E-state index is -0.356. The summed E-state index contributed by atoms with van der Waals surface area (Å²) in [5.41, 5.74) is 2.00. The molecule has 4 aromatic rings. The highest BCUT2D eigenvalue weighted by atomic mass is 79.9. The van der Waals surface area contributed by atoms with Crippen molar-refractivity contribution >= 4 is 49.9 Å². The van der Waals surface area contributed by atoms with Crippen LogP contribution in [-0.2, 0) is 0 Å². The highest BCUT2D eigenvalue weighted by Crippen LogP contribution is 2.28. The van der Waals surface area contributed by atoms with Crippen LogP contribution in [0, 0.1) is 0 Å². The minimum Gasteiger partial charge on any atom is -0.444 e. The fraction of sp³-hybridized carbons (Fsp3) is 0.0833. The average Bonchev–Trinajstić information content (AvgIpc) is 3.21. The number of anilines is 2. The molecule has 3 aromatic carbocycles. The van der Waals surface area contributed by atoms with Crippen molar-refractivity contribution in [1.82, 2.24) is 0 Å². The van der Waals surface area contributed by atoms with Crippen LogP contribution >= 0.6 is 15.9 Å². The van der Waals surface area contributed by atoms with E-state index < -0.39 is 0 Å². The molecular weight excluding hydrogens is 444 g/mol. The van der Waals surface area contributed by atoms with Crippen molar-refractivity contribution < 1.29 is 14.0 Å². The van der Waals surface area contributed by atoms with E-state index in [-0.39, 0.29) is 17.6 Å². The van der Waals surface area contributed by atoms with Gasteiger partial charge < -0.3 is 14.6 Å². The Labute approximate surface area is 182 Å². The fourth-order valence-corrected chi connectivity index (χ4v) is 3.65. The van der Waals surface area contributed by atoms with Gasteiger partial charge in [-0.3, -0.25) is 9.59 Å².